The lowest BCUT2D eigenvalue weighted by molar-refractivity contribution is -0.151. The van der Waals surface area contributed by atoms with Crippen LogP contribution in [-0.2, 0) is 4.79 Å². The fourth-order valence-corrected chi connectivity index (χ4v) is 0.945. The van der Waals surface area contributed by atoms with Crippen molar-refractivity contribution in [3.63, 3.8) is 0 Å². The number of carboxylic acid groups (broad SMARTS) is 1. The van der Waals surface area contributed by atoms with Gasteiger partial charge >= 0.3 is 5.97 Å². The third-order valence-electron chi connectivity index (χ3n) is 2.14. The summed E-state index contributed by atoms with van der Waals surface area (Å²) in [5.74, 6) is 0.510. The summed E-state index contributed by atoms with van der Waals surface area (Å²) in [5.41, 5.74) is -2.16. The molecule has 0 saturated carbocycles. The Labute approximate surface area is 77.6 Å². The second kappa shape index (κ2) is 4.85. The van der Waals surface area contributed by atoms with Gasteiger partial charge in [0.25, 0.3) is 6.71 Å². The van der Waals surface area contributed by atoms with E-state index < -0.39 is 11.6 Å². The lowest BCUT2D eigenvalue weighted by Gasteiger charge is -2.18. The SMILES string of the molecule is CCC(F)(CCB(C)C#N)C(=O)O. The largest absolute Gasteiger partial charge is 0.479 e. The van der Waals surface area contributed by atoms with Gasteiger partial charge in [0.1, 0.15) is 0 Å². The van der Waals surface area contributed by atoms with Gasteiger partial charge in [0.2, 0.25) is 5.67 Å². The van der Waals surface area contributed by atoms with Gasteiger partial charge in [-0.05, 0) is 12.8 Å². The van der Waals surface area contributed by atoms with Crippen LogP contribution in [0, 0.1) is 11.2 Å². The van der Waals surface area contributed by atoms with E-state index >= 15 is 0 Å². The number of hydrogen-bond donors (Lipinski definition) is 1. The summed E-state index contributed by atoms with van der Waals surface area (Å²) in [6.07, 6.45) is 0.140. The molecule has 0 aromatic carbocycles. The maximum Gasteiger partial charge on any atom is 0.341 e. The fourth-order valence-electron chi connectivity index (χ4n) is 0.945. The number of rotatable bonds is 5. The molecule has 0 aromatic rings. The summed E-state index contributed by atoms with van der Waals surface area (Å²) in [5, 5.41) is 17.0. The number of nitriles is 1. The quantitative estimate of drug-likeness (QED) is 0.663. The van der Waals surface area contributed by atoms with Gasteiger partial charge < -0.3 is 5.11 Å². The molecule has 0 spiro atoms. The van der Waals surface area contributed by atoms with Crippen molar-refractivity contribution >= 4 is 12.7 Å². The number of aliphatic carboxylic acids is 1. The molecule has 5 heteroatoms. The van der Waals surface area contributed by atoms with Crippen LogP contribution in [-0.4, -0.2) is 23.5 Å². The predicted molar refractivity (Wildman–Crippen MR) is 48.4 cm³/mol. The highest BCUT2D eigenvalue weighted by molar-refractivity contribution is 6.65. The number of carboxylic acids is 1. The summed E-state index contributed by atoms with van der Waals surface area (Å²) >= 11 is 0. The Bertz CT molecular complexity index is 229. The normalized spacial score (nSPS) is 14.3. The van der Waals surface area contributed by atoms with Crippen LogP contribution in [0.2, 0.25) is 13.1 Å². The van der Waals surface area contributed by atoms with Crippen molar-refractivity contribution < 1.29 is 14.3 Å². The van der Waals surface area contributed by atoms with Gasteiger partial charge in [0.15, 0.2) is 0 Å². The Morgan fingerprint density at radius 2 is 2.31 bits per heavy atom. The molecule has 0 aromatic heterocycles. The first kappa shape index (κ1) is 12.0. The van der Waals surface area contributed by atoms with Crippen molar-refractivity contribution in [2.45, 2.75) is 38.6 Å². The summed E-state index contributed by atoms with van der Waals surface area (Å²) in [4.78, 5) is 10.5. The van der Waals surface area contributed by atoms with E-state index in [0.29, 0.717) is 0 Å². The zero-order valence-electron chi connectivity index (χ0n) is 7.88. The summed E-state index contributed by atoms with van der Waals surface area (Å²) in [6, 6.07) is 0. The minimum atomic E-state index is -2.16. The second-order valence-corrected chi connectivity index (χ2v) is 3.19. The molecule has 13 heavy (non-hydrogen) atoms. The molecule has 0 aliphatic carbocycles. The Morgan fingerprint density at radius 1 is 1.77 bits per heavy atom. The van der Waals surface area contributed by atoms with Crippen LogP contribution in [0.1, 0.15) is 19.8 Å². The number of halogens is 1. The molecule has 0 radical (unpaired) electrons. The second-order valence-electron chi connectivity index (χ2n) is 3.19. The van der Waals surface area contributed by atoms with Crippen molar-refractivity contribution in [1.29, 1.82) is 5.26 Å². The fraction of sp³-hybridized carbons (Fsp3) is 0.750. The topological polar surface area (TPSA) is 61.1 Å². The van der Waals surface area contributed by atoms with Gasteiger partial charge in [-0.3, -0.25) is 0 Å². The Balaban J connectivity index is 4.15. The van der Waals surface area contributed by atoms with Crippen LogP contribution in [0.5, 0.6) is 0 Å². The molecular weight excluding hydrogens is 172 g/mol. The molecule has 3 nitrogen and oxygen atoms in total. The third kappa shape index (κ3) is 3.45. The number of carbonyl (C=O) groups is 1. The lowest BCUT2D eigenvalue weighted by atomic mass is 9.50. The van der Waals surface area contributed by atoms with Crippen LogP contribution in [0.15, 0.2) is 0 Å². The maximum atomic E-state index is 13.4. The zero-order valence-corrected chi connectivity index (χ0v) is 7.88. The van der Waals surface area contributed by atoms with Crippen molar-refractivity contribution in [1.82, 2.24) is 0 Å². The highest BCUT2D eigenvalue weighted by Gasteiger charge is 2.36. The molecule has 72 valence electrons. The number of hydrogen-bond acceptors (Lipinski definition) is 2. The van der Waals surface area contributed by atoms with Crippen LogP contribution < -0.4 is 0 Å². The summed E-state index contributed by atoms with van der Waals surface area (Å²) in [7, 11) is 0. The molecule has 0 aliphatic heterocycles. The Hall–Kier alpha value is -1.05. The average molecular weight is 185 g/mol. The molecule has 0 rings (SSSR count). The number of alkyl halides is 1. The minimum absolute atomic E-state index is 0.0551. The molecule has 0 fully saturated rings. The molecule has 1 atom stereocenters. The first-order valence-electron chi connectivity index (χ1n) is 4.28. The van der Waals surface area contributed by atoms with E-state index in [2.05, 4.69) is 0 Å². The Morgan fingerprint density at radius 3 is 2.62 bits per heavy atom. The van der Waals surface area contributed by atoms with Crippen molar-refractivity contribution in [3.05, 3.63) is 0 Å². The van der Waals surface area contributed by atoms with Crippen molar-refractivity contribution in [3.8, 4) is 5.97 Å². The van der Waals surface area contributed by atoms with E-state index in [0.717, 1.165) is 0 Å². The molecule has 0 heterocycles. The maximum absolute atomic E-state index is 13.4. The van der Waals surface area contributed by atoms with Crippen molar-refractivity contribution in [2.75, 3.05) is 0 Å². The van der Waals surface area contributed by atoms with E-state index in [1.54, 1.807) is 6.82 Å². The molecular formula is C8H13BFNO2. The standard InChI is InChI=1S/C8H13BFNO2/c1-3-8(10,7(12)13)4-5-9(2)6-11/h3-5H2,1-2H3,(H,12,13). The molecule has 1 N–H and O–H groups in total. The lowest BCUT2D eigenvalue weighted by Crippen LogP contribution is -2.33. The first-order chi connectivity index (χ1) is 5.96. The van der Waals surface area contributed by atoms with Crippen LogP contribution in [0.4, 0.5) is 4.39 Å². The monoisotopic (exact) mass is 185 g/mol. The summed E-state index contributed by atoms with van der Waals surface area (Å²) < 4.78 is 13.4. The highest BCUT2D eigenvalue weighted by Crippen LogP contribution is 2.23. The van der Waals surface area contributed by atoms with E-state index in [1.165, 1.54) is 6.92 Å². The van der Waals surface area contributed by atoms with E-state index in [4.69, 9.17) is 10.4 Å². The first-order valence-corrected chi connectivity index (χ1v) is 4.28. The number of nitrogens with zero attached hydrogens (tertiary/aromatic N) is 1. The van der Waals surface area contributed by atoms with Gasteiger partial charge in [0, 0.05) is 5.97 Å². The van der Waals surface area contributed by atoms with Gasteiger partial charge in [-0.25, -0.2) is 14.4 Å². The van der Waals surface area contributed by atoms with Crippen LogP contribution >= 0.6 is 0 Å². The van der Waals surface area contributed by atoms with E-state index in [1.807, 2.05) is 5.97 Å². The van der Waals surface area contributed by atoms with Crippen LogP contribution in [0.3, 0.4) is 0 Å². The predicted octanol–water partition coefficient (Wildman–Crippen LogP) is 1.77. The molecule has 0 aliphatic rings. The van der Waals surface area contributed by atoms with Crippen LogP contribution in [0.25, 0.3) is 0 Å². The molecule has 1 unspecified atom stereocenters. The molecule has 0 amide bonds. The Kier molecular flexibility index (Phi) is 4.46. The minimum Gasteiger partial charge on any atom is -0.479 e. The van der Waals surface area contributed by atoms with E-state index in [9.17, 15) is 9.18 Å². The summed E-state index contributed by atoms with van der Waals surface area (Å²) in [6.45, 7) is 2.85. The van der Waals surface area contributed by atoms with Gasteiger partial charge in [0.05, 0.1) is 0 Å². The van der Waals surface area contributed by atoms with Crippen molar-refractivity contribution in [2.24, 2.45) is 0 Å². The van der Waals surface area contributed by atoms with Gasteiger partial charge in [-0.15, -0.1) is 0 Å². The average Bonchev–Trinajstić information content (AvgIpc) is 2.13. The smallest absolute Gasteiger partial charge is 0.341 e. The molecule has 0 bridgehead atoms. The van der Waals surface area contributed by atoms with Gasteiger partial charge in [-0.1, -0.05) is 20.1 Å². The third-order valence-corrected chi connectivity index (χ3v) is 2.14. The zero-order chi connectivity index (χ0) is 10.5. The van der Waals surface area contributed by atoms with E-state index in [-0.39, 0.29) is 25.9 Å². The highest BCUT2D eigenvalue weighted by atomic mass is 19.1. The van der Waals surface area contributed by atoms with Gasteiger partial charge in [-0.2, -0.15) is 0 Å². The molecule has 0 saturated heterocycles.